The first-order valence-corrected chi connectivity index (χ1v) is 19.3. The van der Waals surface area contributed by atoms with Crippen molar-refractivity contribution in [3.05, 3.63) is 206 Å². The molecule has 2 nitrogen and oxygen atoms in total. The van der Waals surface area contributed by atoms with E-state index in [1.807, 2.05) is 28.8 Å². The van der Waals surface area contributed by atoms with Gasteiger partial charge >= 0.3 is 0 Å². The van der Waals surface area contributed by atoms with Gasteiger partial charge in [-0.25, -0.2) is 0 Å². The Bertz CT molecular complexity index is 2970. The van der Waals surface area contributed by atoms with Gasteiger partial charge < -0.3 is 9.13 Å². The number of hydrogen-bond acceptors (Lipinski definition) is 0. The highest BCUT2D eigenvalue weighted by molar-refractivity contribution is 7.19. The van der Waals surface area contributed by atoms with E-state index in [-0.39, 0.29) is 24.2 Å². The van der Waals surface area contributed by atoms with Crippen molar-refractivity contribution in [3.63, 3.8) is 0 Å². The standard InChI is InChI=1S/C48H34N2Si/c1-4-16-37(17-5-1)51(38-18-6-2-7-19-38,39-20-8-3-9-21-39)40-31-28-35(29-32-40)49-47-27-15-12-24-43(47)44-34-36(30-33-48(44)49)50-45-25-13-10-22-41(45)42-23-11-14-26-46(42)50/h1-34H/i10D,13D,22D,25D. The number of rotatable bonds is 6. The molecule has 0 atom stereocenters. The van der Waals surface area contributed by atoms with Crippen LogP contribution < -0.4 is 20.7 Å². The number of aromatic nitrogens is 2. The van der Waals surface area contributed by atoms with Crippen molar-refractivity contribution in [3.8, 4) is 11.4 Å². The second-order valence-corrected chi connectivity index (χ2v) is 16.8. The minimum atomic E-state index is -2.68. The van der Waals surface area contributed by atoms with E-state index in [9.17, 15) is 0 Å². The number of fused-ring (bicyclic) bond motifs is 6. The molecular weight excluding hydrogens is 633 g/mol. The Labute approximate surface area is 303 Å². The molecule has 0 amide bonds. The second kappa shape index (κ2) is 11.9. The van der Waals surface area contributed by atoms with Crippen LogP contribution in [-0.4, -0.2) is 17.2 Å². The molecule has 10 aromatic rings. The maximum atomic E-state index is 8.97. The molecule has 0 aliphatic heterocycles. The number of benzene rings is 8. The normalized spacial score (nSPS) is 13.0. The Kier molecular flexibility index (Phi) is 5.94. The van der Waals surface area contributed by atoms with Crippen LogP contribution in [0.5, 0.6) is 0 Å². The summed E-state index contributed by atoms with van der Waals surface area (Å²) in [4.78, 5) is 0. The first-order chi connectivity index (χ1) is 27.0. The van der Waals surface area contributed by atoms with Crippen molar-refractivity contribution in [2.75, 3.05) is 0 Å². The Morgan fingerprint density at radius 3 is 1.35 bits per heavy atom. The number of nitrogens with zero attached hydrogens (tertiary/aromatic N) is 2. The molecule has 0 unspecified atom stereocenters. The Morgan fingerprint density at radius 2 is 0.765 bits per heavy atom. The molecule has 240 valence electrons. The Balaban J connectivity index is 1.19. The van der Waals surface area contributed by atoms with E-state index in [2.05, 4.69) is 162 Å². The van der Waals surface area contributed by atoms with E-state index >= 15 is 0 Å². The fourth-order valence-electron chi connectivity index (χ4n) is 8.24. The molecule has 0 fully saturated rings. The fraction of sp³-hybridized carbons (Fsp3) is 0. The van der Waals surface area contributed by atoms with E-state index in [0.29, 0.717) is 10.9 Å². The predicted molar refractivity (Wildman–Crippen MR) is 219 cm³/mol. The SMILES string of the molecule is [2H]c1c([2H])c([2H])c2c(c1[2H])c1ccccc1n2-c1ccc2c(c1)c1ccccc1n2-c1ccc([Si](c2ccccc2)(c2ccccc2)c2ccccc2)cc1. The highest BCUT2D eigenvalue weighted by Crippen LogP contribution is 2.36. The summed E-state index contributed by atoms with van der Waals surface area (Å²) in [6, 6.07) is 64.2. The zero-order valence-corrected chi connectivity index (χ0v) is 28.7. The zero-order valence-electron chi connectivity index (χ0n) is 31.7. The topological polar surface area (TPSA) is 9.86 Å². The lowest BCUT2D eigenvalue weighted by atomic mass is 10.1. The van der Waals surface area contributed by atoms with Crippen molar-refractivity contribution in [1.82, 2.24) is 9.13 Å². The minimum absolute atomic E-state index is 0.0223. The molecule has 0 bridgehead atoms. The molecule has 0 aliphatic rings. The molecular formula is C48H34N2Si. The summed E-state index contributed by atoms with van der Waals surface area (Å²) >= 11 is 0. The van der Waals surface area contributed by atoms with Gasteiger partial charge in [0.15, 0.2) is 8.07 Å². The average molecular weight is 671 g/mol. The monoisotopic (exact) mass is 670 g/mol. The lowest BCUT2D eigenvalue weighted by Gasteiger charge is -2.34. The highest BCUT2D eigenvalue weighted by Gasteiger charge is 2.41. The molecule has 8 aromatic carbocycles. The summed E-state index contributed by atoms with van der Waals surface area (Å²) in [5.41, 5.74) is 5.36. The van der Waals surface area contributed by atoms with E-state index in [1.54, 1.807) is 0 Å². The highest BCUT2D eigenvalue weighted by atomic mass is 28.3. The Morgan fingerprint density at radius 1 is 0.333 bits per heavy atom. The van der Waals surface area contributed by atoms with Crippen LogP contribution in [0, 0.1) is 0 Å². The third kappa shape index (κ3) is 4.49. The number of hydrogen-bond donors (Lipinski definition) is 0. The molecule has 2 aromatic heterocycles. The molecule has 0 N–H and O–H groups in total. The van der Waals surface area contributed by atoms with Gasteiger partial charge in [0.2, 0.25) is 0 Å². The van der Waals surface area contributed by atoms with Gasteiger partial charge in [0.1, 0.15) is 0 Å². The van der Waals surface area contributed by atoms with Crippen molar-refractivity contribution in [2.24, 2.45) is 0 Å². The third-order valence-corrected chi connectivity index (χ3v) is 15.2. The van der Waals surface area contributed by atoms with Crippen molar-refractivity contribution >= 4 is 72.4 Å². The van der Waals surface area contributed by atoms with Crippen molar-refractivity contribution in [1.29, 1.82) is 0 Å². The van der Waals surface area contributed by atoms with Crippen LogP contribution in [0.3, 0.4) is 0 Å². The van der Waals surface area contributed by atoms with E-state index in [4.69, 9.17) is 5.48 Å². The van der Waals surface area contributed by atoms with Crippen LogP contribution in [0.25, 0.3) is 55.0 Å². The van der Waals surface area contributed by atoms with Crippen LogP contribution in [0.2, 0.25) is 0 Å². The van der Waals surface area contributed by atoms with E-state index in [0.717, 1.165) is 44.1 Å². The van der Waals surface area contributed by atoms with Gasteiger partial charge in [-0.2, -0.15) is 0 Å². The largest absolute Gasteiger partial charge is 0.309 e. The summed E-state index contributed by atoms with van der Waals surface area (Å²) in [6.07, 6.45) is 0. The quantitative estimate of drug-likeness (QED) is 0.123. The summed E-state index contributed by atoms with van der Waals surface area (Å²) < 4.78 is 39.0. The van der Waals surface area contributed by atoms with Gasteiger partial charge in [0.25, 0.3) is 0 Å². The molecule has 10 rings (SSSR count). The van der Waals surface area contributed by atoms with Gasteiger partial charge in [0, 0.05) is 32.9 Å². The average Bonchev–Trinajstić information content (AvgIpc) is 3.77. The maximum absolute atomic E-state index is 8.97. The van der Waals surface area contributed by atoms with Gasteiger partial charge in [0.05, 0.1) is 27.5 Å². The molecule has 2 heterocycles. The number of para-hydroxylation sites is 3. The van der Waals surface area contributed by atoms with Crippen LogP contribution >= 0.6 is 0 Å². The predicted octanol–water partition coefficient (Wildman–Crippen LogP) is 9.26. The smallest absolute Gasteiger partial charge is 0.179 e. The second-order valence-electron chi connectivity index (χ2n) is 13.0. The first-order valence-electron chi connectivity index (χ1n) is 19.3. The molecule has 0 aliphatic carbocycles. The van der Waals surface area contributed by atoms with Gasteiger partial charge in [-0.3, -0.25) is 0 Å². The first kappa shape index (κ1) is 25.5. The zero-order chi connectivity index (χ0) is 37.3. The lowest BCUT2D eigenvalue weighted by Crippen LogP contribution is -2.74. The van der Waals surface area contributed by atoms with Crippen LogP contribution in [-0.2, 0) is 0 Å². The van der Waals surface area contributed by atoms with E-state index < -0.39 is 8.07 Å². The summed E-state index contributed by atoms with van der Waals surface area (Å²) in [6.45, 7) is 0. The molecule has 51 heavy (non-hydrogen) atoms. The summed E-state index contributed by atoms with van der Waals surface area (Å²) in [7, 11) is -2.68. The maximum Gasteiger partial charge on any atom is 0.179 e. The molecule has 0 radical (unpaired) electrons. The summed E-state index contributed by atoms with van der Waals surface area (Å²) in [5, 5.41) is 8.80. The van der Waals surface area contributed by atoms with Gasteiger partial charge in [-0.15, -0.1) is 0 Å². The molecule has 0 spiro atoms. The lowest BCUT2D eigenvalue weighted by molar-refractivity contribution is 1.17. The Hall–Kier alpha value is -6.42. The van der Waals surface area contributed by atoms with Gasteiger partial charge in [-0.05, 0) is 69.3 Å². The van der Waals surface area contributed by atoms with Crippen LogP contribution in [0.15, 0.2) is 206 Å². The molecule has 0 saturated heterocycles. The molecule has 0 saturated carbocycles. The summed E-state index contributed by atoms with van der Waals surface area (Å²) in [5.74, 6) is 0. The van der Waals surface area contributed by atoms with Gasteiger partial charge in [-0.1, -0.05) is 158 Å². The van der Waals surface area contributed by atoms with Crippen LogP contribution in [0.1, 0.15) is 5.48 Å². The third-order valence-electron chi connectivity index (χ3n) is 10.4. The van der Waals surface area contributed by atoms with Crippen molar-refractivity contribution in [2.45, 2.75) is 0 Å². The molecule has 3 heteroatoms. The van der Waals surface area contributed by atoms with E-state index in [1.165, 1.54) is 20.7 Å². The van der Waals surface area contributed by atoms with Crippen LogP contribution in [0.4, 0.5) is 0 Å². The van der Waals surface area contributed by atoms with Crippen molar-refractivity contribution < 1.29 is 5.48 Å². The fourth-order valence-corrected chi connectivity index (χ4v) is 13.0. The minimum Gasteiger partial charge on any atom is -0.309 e.